The van der Waals surface area contributed by atoms with E-state index in [2.05, 4.69) is 10.2 Å². The van der Waals surface area contributed by atoms with Crippen LogP contribution in [0.4, 0.5) is 0 Å². The summed E-state index contributed by atoms with van der Waals surface area (Å²) in [4.78, 5) is 30.9. The third-order valence-corrected chi connectivity index (χ3v) is 5.19. The lowest BCUT2D eigenvalue weighted by Crippen LogP contribution is -2.54. The number of piperazine rings is 1. The average Bonchev–Trinajstić information content (AvgIpc) is 3.08. The van der Waals surface area contributed by atoms with Crippen LogP contribution in [0.2, 0.25) is 0 Å². The molecule has 3 fully saturated rings. The fourth-order valence-corrected chi connectivity index (χ4v) is 3.74. The van der Waals surface area contributed by atoms with Gasteiger partial charge < -0.3 is 15.1 Å². The molecule has 3 aliphatic heterocycles. The molecule has 0 aromatic carbocycles. The van der Waals surface area contributed by atoms with Gasteiger partial charge in [-0.15, -0.1) is 0 Å². The van der Waals surface area contributed by atoms with Crippen molar-refractivity contribution in [3.05, 3.63) is 0 Å². The number of piperidine rings is 1. The van der Waals surface area contributed by atoms with Crippen molar-refractivity contribution in [1.29, 1.82) is 0 Å². The van der Waals surface area contributed by atoms with E-state index in [0.717, 1.165) is 39.0 Å². The maximum Gasteiger partial charge on any atom is 0.236 e. The first-order chi connectivity index (χ1) is 10.7. The topological polar surface area (TPSA) is 55.9 Å². The van der Waals surface area contributed by atoms with Crippen LogP contribution < -0.4 is 5.32 Å². The summed E-state index contributed by atoms with van der Waals surface area (Å²) in [5.74, 6) is 0.720. The third kappa shape index (κ3) is 3.79. The van der Waals surface area contributed by atoms with Crippen molar-refractivity contribution in [2.75, 3.05) is 58.9 Å². The van der Waals surface area contributed by atoms with Crippen LogP contribution in [0.15, 0.2) is 0 Å². The molecule has 0 unspecified atom stereocenters. The van der Waals surface area contributed by atoms with Crippen molar-refractivity contribution >= 4 is 11.8 Å². The van der Waals surface area contributed by atoms with Gasteiger partial charge in [0.05, 0.1) is 6.54 Å². The van der Waals surface area contributed by atoms with Crippen molar-refractivity contribution in [3.8, 4) is 0 Å². The number of nitrogens with zero attached hydrogens (tertiary/aromatic N) is 3. The van der Waals surface area contributed by atoms with Gasteiger partial charge in [-0.1, -0.05) is 0 Å². The number of likely N-dealkylation sites (tertiary alicyclic amines) is 1. The number of amides is 2. The predicted octanol–water partition coefficient (Wildman–Crippen LogP) is -0.247. The Balaban J connectivity index is 1.43. The Hall–Kier alpha value is -1.14. The normalized spacial score (nSPS) is 24.7. The van der Waals surface area contributed by atoms with Crippen molar-refractivity contribution in [2.24, 2.45) is 5.92 Å². The molecule has 3 aliphatic rings. The highest BCUT2D eigenvalue weighted by molar-refractivity contribution is 5.81. The molecular formula is C16H28N4O2. The fourth-order valence-electron chi connectivity index (χ4n) is 3.74. The number of hydrogen-bond donors (Lipinski definition) is 1. The van der Waals surface area contributed by atoms with Crippen molar-refractivity contribution in [3.63, 3.8) is 0 Å². The standard InChI is InChI=1S/C16H28N4O2/c21-15(13-18-7-1-2-8-18)19-9-11-20(12-10-19)16(22)14-3-5-17-6-4-14/h14,17H,1-13H2. The van der Waals surface area contributed by atoms with Gasteiger partial charge in [0.2, 0.25) is 11.8 Å². The van der Waals surface area contributed by atoms with Crippen molar-refractivity contribution < 1.29 is 9.59 Å². The van der Waals surface area contributed by atoms with Crippen LogP contribution in [0.1, 0.15) is 25.7 Å². The lowest BCUT2D eigenvalue weighted by molar-refractivity contribution is -0.143. The molecule has 124 valence electrons. The van der Waals surface area contributed by atoms with Gasteiger partial charge in [-0.3, -0.25) is 14.5 Å². The van der Waals surface area contributed by atoms with Gasteiger partial charge in [0.1, 0.15) is 0 Å². The Morgan fingerprint density at radius 3 is 2.09 bits per heavy atom. The molecule has 3 rings (SSSR count). The number of carbonyl (C=O) groups is 2. The second kappa shape index (κ2) is 7.42. The summed E-state index contributed by atoms with van der Waals surface area (Å²) in [5.41, 5.74) is 0. The molecule has 6 heteroatoms. The molecule has 3 heterocycles. The van der Waals surface area contributed by atoms with E-state index in [1.165, 1.54) is 12.8 Å². The minimum Gasteiger partial charge on any atom is -0.339 e. The van der Waals surface area contributed by atoms with Crippen molar-refractivity contribution in [2.45, 2.75) is 25.7 Å². The van der Waals surface area contributed by atoms with E-state index in [-0.39, 0.29) is 11.8 Å². The van der Waals surface area contributed by atoms with E-state index in [4.69, 9.17) is 0 Å². The van der Waals surface area contributed by atoms with Gasteiger partial charge in [-0.05, 0) is 51.9 Å². The van der Waals surface area contributed by atoms with E-state index < -0.39 is 0 Å². The number of rotatable bonds is 3. The molecule has 0 aromatic rings. The van der Waals surface area contributed by atoms with E-state index in [1.54, 1.807) is 0 Å². The molecular weight excluding hydrogens is 280 g/mol. The Morgan fingerprint density at radius 1 is 0.864 bits per heavy atom. The zero-order chi connectivity index (χ0) is 15.4. The molecule has 0 spiro atoms. The Labute approximate surface area is 132 Å². The molecule has 6 nitrogen and oxygen atoms in total. The molecule has 0 bridgehead atoms. The van der Waals surface area contributed by atoms with Crippen LogP contribution in [0.3, 0.4) is 0 Å². The molecule has 0 saturated carbocycles. The third-order valence-electron chi connectivity index (χ3n) is 5.19. The highest BCUT2D eigenvalue weighted by Gasteiger charge is 2.30. The fraction of sp³-hybridized carbons (Fsp3) is 0.875. The lowest BCUT2D eigenvalue weighted by atomic mass is 9.96. The van der Waals surface area contributed by atoms with E-state index in [0.29, 0.717) is 38.6 Å². The lowest BCUT2D eigenvalue weighted by Gasteiger charge is -2.37. The highest BCUT2D eigenvalue weighted by atomic mass is 16.2. The van der Waals surface area contributed by atoms with Crippen LogP contribution in [0.5, 0.6) is 0 Å². The summed E-state index contributed by atoms with van der Waals surface area (Å²) >= 11 is 0. The van der Waals surface area contributed by atoms with Gasteiger partial charge in [0, 0.05) is 32.1 Å². The first-order valence-electron chi connectivity index (χ1n) is 8.73. The molecule has 0 atom stereocenters. The van der Waals surface area contributed by atoms with Crippen LogP contribution in [0.25, 0.3) is 0 Å². The molecule has 1 N–H and O–H groups in total. The van der Waals surface area contributed by atoms with Crippen LogP contribution in [0, 0.1) is 5.92 Å². The molecule has 0 aliphatic carbocycles. The van der Waals surface area contributed by atoms with Crippen LogP contribution in [-0.2, 0) is 9.59 Å². The summed E-state index contributed by atoms with van der Waals surface area (Å²) in [6, 6.07) is 0. The maximum absolute atomic E-state index is 12.5. The van der Waals surface area contributed by atoms with Gasteiger partial charge in [0.15, 0.2) is 0 Å². The van der Waals surface area contributed by atoms with Gasteiger partial charge in [0.25, 0.3) is 0 Å². The van der Waals surface area contributed by atoms with E-state index >= 15 is 0 Å². The zero-order valence-corrected chi connectivity index (χ0v) is 13.4. The summed E-state index contributed by atoms with van der Waals surface area (Å²) < 4.78 is 0. The quantitative estimate of drug-likeness (QED) is 0.781. The SMILES string of the molecule is O=C(CN1CCCC1)N1CCN(C(=O)C2CCNCC2)CC1. The number of carbonyl (C=O) groups excluding carboxylic acids is 2. The molecule has 0 radical (unpaired) electrons. The minimum absolute atomic E-state index is 0.188. The van der Waals surface area contributed by atoms with E-state index in [9.17, 15) is 9.59 Å². The molecule has 2 amide bonds. The first kappa shape index (κ1) is 15.7. The summed E-state index contributed by atoms with van der Waals surface area (Å²) in [7, 11) is 0. The Morgan fingerprint density at radius 2 is 1.45 bits per heavy atom. The summed E-state index contributed by atoms with van der Waals surface area (Å²) in [5, 5.41) is 3.30. The minimum atomic E-state index is 0.188. The van der Waals surface area contributed by atoms with E-state index in [1.807, 2.05) is 9.80 Å². The zero-order valence-electron chi connectivity index (χ0n) is 13.4. The van der Waals surface area contributed by atoms with Gasteiger partial charge in [-0.25, -0.2) is 0 Å². The van der Waals surface area contributed by atoms with Crippen molar-refractivity contribution in [1.82, 2.24) is 20.0 Å². The first-order valence-corrected chi connectivity index (χ1v) is 8.73. The predicted molar refractivity (Wildman–Crippen MR) is 84.4 cm³/mol. The Kier molecular flexibility index (Phi) is 5.31. The second-order valence-electron chi connectivity index (χ2n) is 6.71. The number of hydrogen-bond acceptors (Lipinski definition) is 4. The largest absolute Gasteiger partial charge is 0.339 e. The molecule has 3 saturated heterocycles. The van der Waals surface area contributed by atoms with Gasteiger partial charge in [-0.2, -0.15) is 0 Å². The van der Waals surface area contributed by atoms with Crippen LogP contribution in [-0.4, -0.2) is 85.4 Å². The van der Waals surface area contributed by atoms with Crippen LogP contribution >= 0.6 is 0 Å². The molecule has 0 aromatic heterocycles. The average molecular weight is 308 g/mol. The molecule has 22 heavy (non-hydrogen) atoms. The maximum atomic E-state index is 12.5. The smallest absolute Gasteiger partial charge is 0.236 e. The monoisotopic (exact) mass is 308 g/mol. The number of nitrogens with one attached hydrogen (secondary N) is 1. The Bertz CT molecular complexity index is 395. The summed E-state index contributed by atoms with van der Waals surface area (Å²) in [6.45, 7) is 7.37. The summed E-state index contributed by atoms with van der Waals surface area (Å²) in [6.07, 6.45) is 4.33. The second-order valence-corrected chi connectivity index (χ2v) is 6.71. The van der Waals surface area contributed by atoms with Gasteiger partial charge >= 0.3 is 0 Å². The highest BCUT2D eigenvalue weighted by Crippen LogP contribution is 2.17.